The van der Waals surface area contributed by atoms with Gasteiger partial charge in [-0.2, -0.15) is 0 Å². The fourth-order valence-corrected chi connectivity index (χ4v) is 2.61. The average molecular weight is 387 g/mol. The molecule has 0 aromatic heterocycles. The highest BCUT2D eigenvalue weighted by Gasteiger charge is 2.19. The smallest absolute Gasteiger partial charge is 0.272 e. The lowest BCUT2D eigenvalue weighted by Crippen LogP contribution is -2.37. The zero-order valence-corrected chi connectivity index (χ0v) is 16.0. The van der Waals surface area contributed by atoms with Crippen LogP contribution in [0.5, 0.6) is 5.75 Å². The van der Waals surface area contributed by atoms with Gasteiger partial charge in [0.15, 0.2) is 12.4 Å². The molecule has 1 atom stereocenters. The second-order valence-corrected chi connectivity index (χ2v) is 6.03. The van der Waals surface area contributed by atoms with Crippen molar-refractivity contribution in [2.45, 2.75) is 26.1 Å². The first kappa shape index (κ1) is 21.6. The molecule has 2 rings (SSSR count). The molecule has 0 heterocycles. The number of carbonyl (C=O) groups is 2. The number of Topliss-reactive ketones (excluding diaryl/α,β-unsaturated/α-hetero) is 1. The molecule has 0 aliphatic rings. The Labute approximate surface area is 164 Å². The van der Waals surface area contributed by atoms with Gasteiger partial charge in [-0.15, -0.1) is 0 Å². The molecular formula is C21H25NO6. The quantitative estimate of drug-likeness (QED) is 0.453. The molecule has 7 heteroatoms. The Morgan fingerprint density at radius 1 is 1.11 bits per heavy atom. The Morgan fingerprint density at radius 3 is 2.50 bits per heavy atom. The molecule has 2 aromatic rings. The summed E-state index contributed by atoms with van der Waals surface area (Å²) in [5.41, 5.74) is 4.33. The van der Waals surface area contributed by atoms with Crippen molar-refractivity contribution in [1.29, 1.82) is 0 Å². The van der Waals surface area contributed by atoms with Crippen molar-refractivity contribution in [3.05, 3.63) is 65.2 Å². The highest BCUT2D eigenvalue weighted by molar-refractivity contribution is 5.97. The third-order valence-corrected chi connectivity index (χ3v) is 4.01. The van der Waals surface area contributed by atoms with Gasteiger partial charge in [0.2, 0.25) is 0 Å². The lowest BCUT2D eigenvalue weighted by atomic mass is 10.1. The fraction of sp³-hybridized carbons (Fsp3) is 0.333. The Balaban J connectivity index is 1.92. The Bertz CT molecular complexity index is 775. The van der Waals surface area contributed by atoms with E-state index in [1.54, 1.807) is 36.4 Å². The van der Waals surface area contributed by atoms with Crippen LogP contribution < -0.4 is 10.2 Å². The highest BCUT2D eigenvalue weighted by atomic mass is 16.6. The summed E-state index contributed by atoms with van der Waals surface area (Å²) in [5.74, 6) is 0.0251. The number of rotatable bonds is 11. The molecule has 28 heavy (non-hydrogen) atoms. The summed E-state index contributed by atoms with van der Waals surface area (Å²) in [5, 5.41) is 9.15. The SMILES string of the molecule is CCO[C@@H](Cc1ccc(OCC(=O)c2cccc(CO)c2)cc1)C(=O)NOC. The van der Waals surface area contributed by atoms with Crippen LogP contribution in [0, 0.1) is 0 Å². The highest BCUT2D eigenvalue weighted by Crippen LogP contribution is 2.15. The number of benzene rings is 2. The molecule has 7 nitrogen and oxygen atoms in total. The zero-order valence-electron chi connectivity index (χ0n) is 16.0. The van der Waals surface area contributed by atoms with Gasteiger partial charge in [0.05, 0.1) is 13.7 Å². The van der Waals surface area contributed by atoms with Crippen molar-refractivity contribution >= 4 is 11.7 Å². The molecule has 0 radical (unpaired) electrons. The zero-order chi connectivity index (χ0) is 20.4. The molecule has 0 bridgehead atoms. The van der Waals surface area contributed by atoms with Gasteiger partial charge in [-0.25, -0.2) is 5.48 Å². The van der Waals surface area contributed by atoms with Crippen molar-refractivity contribution < 1.29 is 29.0 Å². The third kappa shape index (κ3) is 6.45. The maximum absolute atomic E-state index is 12.2. The molecule has 0 aliphatic heterocycles. The summed E-state index contributed by atoms with van der Waals surface area (Å²) in [6.07, 6.45) is -0.270. The van der Waals surface area contributed by atoms with Crippen LogP contribution in [0.15, 0.2) is 48.5 Å². The largest absolute Gasteiger partial charge is 0.485 e. The Kier molecular flexibility index (Phi) is 8.61. The van der Waals surface area contributed by atoms with Crippen molar-refractivity contribution in [1.82, 2.24) is 5.48 Å². The monoisotopic (exact) mass is 387 g/mol. The number of aliphatic hydroxyl groups excluding tert-OH is 1. The third-order valence-electron chi connectivity index (χ3n) is 4.01. The minimum Gasteiger partial charge on any atom is -0.485 e. The van der Waals surface area contributed by atoms with Gasteiger partial charge in [-0.1, -0.05) is 30.3 Å². The van der Waals surface area contributed by atoms with Crippen LogP contribution in [-0.2, 0) is 27.4 Å². The van der Waals surface area contributed by atoms with Gasteiger partial charge in [-0.05, 0) is 36.2 Å². The molecule has 0 unspecified atom stereocenters. The molecule has 0 aliphatic carbocycles. The van der Waals surface area contributed by atoms with Crippen LogP contribution >= 0.6 is 0 Å². The van der Waals surface area contributed by atoms with Crippen molar-refractivity contribution in [2.24, 2.45) is 0 Å². The number of nitrogens with one attached hydrogen (secondary N) is 1. The first-order chi connectivity index (χ1) is 13.6. The average Bonchev–Trinajstić information content (AvgIpc) is 2.72. The lowest BCUT2D eigenvalue weighted by Gasteiger charge is -2.16. The van der Waals surface area contributed by atoms with E-state index in [4.69, 9.17) is 14.6 Å². The van der Waals surface area contributed by atoms with Gasteiger partial charge in [0.25, 0.3) is 5.91 Å². The number of hydrogen-bond donors (Lipinski definition) is 2. The first-order valence-electron chi connectivity index (χ1n) is 8.96. The Hall–Kier alpha value is -2.74. The van der Waals surface area contributed by atoms with E-state index in [-0.39, 0.29) is 24.9 Å². The summed E-state index contributed by atoms with van der Waals surface area (Å²) in [6.45, 7) is 2.00. The number of carbonyl (C=O) groups excluding carboxylic acids is 2. The molecule has 0 saturated carbocycles. The summed E-state index contributed by atoms with van der Waals surface area (Å²) in [4.78, 5) is 28.8. The van der Waals surface area contributed by atoms with E-state index in [1.807, 2.05) is 19.1 Å². The molecule has 2 N–H and O–H groups in total. The van der Waals surface area contributed by atoms with E-state index < -0.39 is 6.10 Å². The summed E-state index contributed by atoms with van der Waals surface area (Å²) < 4.78 is 11.0. The lowest BCUT2D eigenvalue weighted by molar-refractivity contribution is -0.143. The minimum absolute atomic E-state index is 0.105. The summed E-state index contributed by atoms with van der Waals surface area (Å²) >= 11 is 0. The van der Waals surface area contributed by atoms with E-state index in [1.165, 1.54) is 7.11 Å². The standard InChI is InChI=1S/C21H25NO6/c1-3-27-20(21(25)22-26-2)12-15-7-9-18(10-8-15)28-14-19(24)17-6-4-5-16(11-17)13-23/h4-11,20,23H,3,12-14H2,1-2H3,(H,22,25)/t20-/m0/s1. The molecule has 0 spiro atoms. The van der Waals surface area contributed by atoms with Gasteiger partial charge >= 0.3 is 0 Å². The second-order valence-electron chi connectivity index (χ2n) is 6.03. The molecule has 150 valence electrons. The molecular weight excluding hydrogens is 362 g/mol. The minimum atomic E-state index is -0.655. The summed E-state index contributed by atoms with van der Waals surface area (Å²) in [6, 6.07) is 13.9. The molecule has 2 aromatic carbocycles. The van der Waals surface area contributed by atoms with E-state index in [0.29, 0.717) is 29.9 Å². The van der Waals surface area contributed by atoms with Crippen LogP contribution in [0.25, 0.3) is 0 Å². The van der Waals surface area contributed by atoms with Crippen molar-refractivity contribution in [3.63, 3.8) is 0 Å². The van der Waals surface area contributed by atoms with Gasteiger partial charge in [-0.3, -0.25) is 14.4 Å². The maximum Gasteiger partial charge on any atom is 0.272 e. The van der Waals surface area contributed by atoms with Crippen molar-refractivity contribution in [2.75, 3.05) is 20.3 Å². The normalized spacial score (nSPS) is 11.7. The van der Waals surface area contributed by atoms with Crippen LogP contribution in [0.2, 0.25) is 0 Å². The maximum atomic E-state index is 12.2. The van der Waals surface area contributed by atoms with Crippen molar-refractivity contribution in [3.8, 4) is 5.75 Å². The number of amides is 1. The van der Waals surface area contributed by atoms with E-state index in [2.05, 4.69) is 10.3 Å². The van der Waals surface area contributed by atoms with Crippen LogP contribution in [0.1, 0.15) is 28.4 Å². The fourth-order valence-electron chi connectivity index (χ4n) is 2.61. The van der Waals surface area contributed by atoms with E-state index >= 15 is 0 Å². The molecule has 0 saturated heterocycles. The van der Waals surface area contributed by atoms with Gasteiger partial charge < -0.3 is 14.6 Å². The predicted molar refractivity (Wildman–Crippen MR) is 103 cm³/mol. The number of ketones is 1. The second kappa shape index (κ2) is 11.2. The van der Waals surface area contributed by atoms with Gasteiger partial charge in [0.1, 0.15) is 11.9 Å². The Morgan fingerprint density at radius 2 is 1.86 bits per heavy atom. The van der Waals surface area contributed by atoms with Crippen LogP contribution in [-0.4, -0.2) is 43.2 Å². The van der Waals surface area contributed by atoms with Crippen LogP contribution in [0.4, 0.5) is 0 Å². The van der Waals surface area contributed by atoms with Crippen LogP contribution in [0.3, 0.4) is 0 Å². The van der Waals surface area contributed by atoms with E-state index in [9.17, 15) is 9.59 Å². The predicted octanol–water partition coefficient (Wildman–Crippen LogP) is 2.07. The summed E-state index contributed by atoms with van der Waals surface area (Å²) in [7, 11) is 1.37. The number of ether oxygens (including phenoxy) is 2. The van der Waals surface area contributed by atoms with Gasteiger partial charge in [0, 0.05) is 18.6 Å². The molecule has 0 fully saturated rings. The number of hydrogen-bond acceptors (Lipinski definition) is 6. The molecule has 1 amide bonds. The number of hydroxylamine groups is 1. The topological polar surface area (TPSA) is 94.1 Å². The number of aliphatic hydroxyl groups is 1. The van der Waals surface area contributed by atoms with E-state index in [0.717, 1.165) is 5.56 Å². The first-order valence-corrected chi connectivity index (χ1v) is 8.96.